The third kappa shape index (κ3) is 3.30. The van der Waals surface area contributed by atoms with Crippen molar-refractivity contribution >= 4 is 28.1 Å². The van der Waals surface area contributed by atoms with E-state index in [0.717, 1.165) is 18.2 Å². The van der Waals surface area contributed by atoms with Gasteiger partial charge in [-0.25, -0.2) is 9.97 Å². The molecule has 2 aliphatic rings. The quantitative estimate of drug-likeness (QED) is 0.326. The number of rotatable bonds is 3. The molecule has 0 N–H and O–H groups in total. The molecule has 0 saturated heterocycles. The molecular weight excluding hydrogens is 401 g/mol. The highest BCUT2D eigenvalue weighted by Crippen LogP contribution is 2.50. The van der Waals surface area contributed by atoms with Gasteiger partial charge in [0.25, 0.3) is 0 Å². The Morgan fingerprint density at radius 1 is 0.968 bits per heavy atom. The highest BCUT2D eigenvalue weighted by Gasteiger charge is 2.38. The first-order valence-corrected chi connectivity index (χ1v) is 10.0. The van der Waals surface area contributed by atoms with Crippen LogP contribution in [0.5, 0.6) is 0 Å². The van der Waals surface area contributed by atoms with Crippen molar-refractivity contribution in [3.8, 4) is 11.1 Å². The largest absolute Gasteiger partial charge is 0.418 e. The Labute approximate surface area is 177 Å². The SMILES string of the molecule is CC(C)Cc1ccc(N2c3c(cccc3C(F)(F)F)-c3ccc4c2ncnc4c3)cn1. The molecule has 31 heavy (non-hydrogen) atoms. The number of hydrogen-bond donors (Lipinski definition) is 0. The molecule has 156 valence electrons. The van der Waals surface area contributed by atoms with Crippen LogP contribution in [0, 0.1) is 5.92 Å². The maximum absolute atomic E-state index is 14.1. The zero-order valence-corrected chi connectivity index (χ0v) is 17.0. The molecule has 0 unspecified atom stereocenters. The van der Waals surface area contributed by atoms with Crippen LogP contribution in [-0.2, 0) is 12.6 Å². The van der Waals surface area contributed by atoms with Crippen LogP contribution in [0.15, 0.2) is 61.1 Å². The van der Waals surface area contributed by atoms with E-state index < -0.39 is 11.7 Å². The third-order valence-corrected chi connectivity index (χ3v) is 5.39. The molecule has 0 aliphatic carbocycles. The molecule has 0 atom stereocenters. The predicted molar refractivity (Wildman–Crippen MR) is 115 cm³/mol. The number of fused-ring (bicyclic) bond motifs is 1. The number of pyridine rings is 1. The van der Waals surface area contributed by atoms with E-state index in [9.17, 15) is 13.2 Å². The number of halogens is 3. The van der Waals surface area contributed by atoms with E-state index >= 15 is 0 Å². The summed E-state index contributed by atoms with van der Waals surface area (Å²) in [6, 6.07) is 13.4. The number of benzene rings is 2. The van der Waals surface area contributed by atoms with Gasteiger partial charge in [0.2, 0.25) is 0 Å². The highest BCUT2D eigenvalue weighted by atomic mass is 19.4. The first-order chi connectivity index (χ1) is 14.8. The molecule has 7 heteroatoms. The van der Waals surface area contributed by atoms with Crippen LogP contribution >= 0.6 is 0 Å². The second-order valence-electron chi connectivity index (χ2n) is 8.07. The topological polar surface area (TPSA) is 41.9 Å². The van der Waals surface area contributed by atoms with Crippen molar-refractivity contribution in [3.63, 3.8) is 0 Å². The summed E-state index contributed by atoms with van der Waals surface area (Å²) in [5.74, 6) is 0.824. The van der Waals surface area contributed by atoms with E-state index in [0.29, 0.717) is 39.5 Å². The monoisotopic (exact) mass is 420 g/mol. The third-order valence-electron chi connectivity index (χ3n) is 5.39. The molecule has 4 bridgehead atoms. The predicted octanol–water partition coefficient (Wildman–Crippen LogP) is 6.69. The fourth-order valence-corrected chi connectivity index (χ4v) is 4.08. The Morgan fingerprint density at radius 2 is 1.81 bits per heavy atom. The lowest BCUT2D eigenvalue weighted by molar-refractivity contribution is -0.137. The van der Waals surface area contributed by atoms with Crippen LogP contribution in [0.1, 0.15) is 25.1 Å². The fraction of sp³-hybridized carbons (Fsp3) is 0.208. The van der Waals surface area contributed by atoms with Gasteiger partial charge in [-0.3, -0.25) is 9.88 Å². The lowest BCUT2D eigenvalue weighted by Gasteiger charge is -2.31. The molecule has 4 nitrogen and oxygen atoms in total. The Morgan fingerprint density at radius 3 is 2.52 bits per heavy atom. The number of aromatic nitrogens is 3. The van der Waals surface area contributed by atoms with Crippen LogP contribution < -0.4 is 4.90 Å². The highest BCUT2D eigenvalue weighted by molar-refractivity contribution is 6.02. The van der Waals surface area contributed by atoms with Crippen LogP contribution in [0.2, 0.25) is 0 Å². The summed E-state index contributed by atoms with van der Waals surface area (Å²) in [5, 5.41) is 0.681. The molecule has 0 saturated carbocycles. The molecule has 0 fully saturated rings. The summed E-state index contributed by atoms with van der Waals surface area (Å²) in [5.41, 5.74) is 2.57. The number of nitrogens with zero attached hydrogens (tertiary/aromatic N) is 4. The van der Waals surface area contributed by atoms with Crippen molar-refractivity contribution in [1.29, 1.82) is 0 Å². The summed E-state index contributed by atoms with van der Waals surface area (Å²) >= 11 is 0. The van der Waals surface area contributed by atoms with E-state index in [2.05, 4.69) is 28.8 Å². The van der Waals surface area contributed by atoms with Gasteiger partial charge in [0.05, 0.1) is 28.7 Å². The Hall–Kier alpha value is -3.48. The average Bonchev–Trinajstić information content (AvgIpc) is 2.73. The standard InChI is InChI=1S/C24H19F3N4/c1-14(2)10-16-7-8-17(12-28-16)31-22-18(4-3-5-20(22)24(25,26)27)15-6-9-19-21(11-15)29-13-30-23(19)31/h3-9,11-14H,10H2,1-2H3. The lowest BCUT2D eigenvalue weighted by atomic mass is 9.95. The number of anilines is 3. The molecule has 2 aliphatic heterocycles. The summed E-state index contributed by atoms with van der Waals surface area (Å²) in [6.45, 7) is 4.20. The maximum atomic E-state index is 14.1. The zero-order valence-electron chi connectivity index (χ0n) is 17.0. The zero-order chi connectivity index (χ0) is 21.8. The Balaban J connectivity index is 1.82. The van der Waals surface area contributed by atoms with E-state index in [-0.39, 0.29) is 5.69 Å². The minimum Gasteiger partial charge on any atom is -0.292 e. The van der Waals surface area contributed by atoms with Crippen molar-refractivity contribution in [2.45, 2.75) is 26.4 Å². The molecule has 0 amide bonds. The Kier molecular flexibility index (Phi) is 4.43. The molecule has 6 rings (SSSR count). The Bertz CT molecular complexity index is 1280. The number of para-hydroxylation sites is 1. The van der Waals surface area contributed by atoms with E-state index in [1.54, 1.807) is 23.2 Å². The van der Waals surface area contributed by atoms with Crippen molar-refractivity contribution in [3.05, 3.63) is 72.3 Å². The van der Waals surface area contributed by atoms with Gasteiger partial charge in [0.15, 0.2) is 0 Å². The second-order valence-corrected chi connectivity index (χ2v) is 8.07. The van der Waals surface area contributed by atoms with Gasteiger partial charge >= 0.3 is 6.18 Å². The van der Waals surface area contributed by atoms with Gasteiger partial charge < -0.3 is 0 Å². The molecular formula is C24H19F3N4. The van der Waals surface area contributed by atoms with Gasteiger partial charge in [-0.2, -0.15) is 13.2 Å². The summed E-state index contributed by atoms with van der Waals surface area (Å²) in [4.78, 5) is 14.8. The molecule has 4 aromatic rings. The first-order valence-electron chi connectivity index (χ1n) is 10.0. The van der Waals surface area contributed by atoms with Crippen LogP contribution in [0.3, 0.4) is 0 Å². The van der Waals surface area contributed by atoms with Crippen LogP contribution in [0.4, 0.5) is 30.4 Å². The van der Waals surface area contributed by atoms with Crippen LogP contribution in [-0.4, -0.2) is 15.0 Å². The fourth-order valence-electron chi connectivity index (χ4n) is 4.08. The van der Waals surface area contributed by atoms with Gasteiger partial charge in [0.1, 0.15) is 12.1 Å². The average molecular weight is 420 g/mol. The van der Waals surface area contributed by atoms with Gasteiger partial charge in [-0.1, -0.05) is 32.0 Å². The van der Waals surface area contributed by atoms with Crippen molar-refractivity contribution in [2.24, 2.45) is 5.92 Å². The lowest BCUT2D eigenvalue weighted by Crippen LogP contribution is -2.20. The molecule has 2 aromatic carbocycles. The summed E-state index contributed by atoms with van der Waals surface area (Å²) in [7, 11) is 0. The maximum Gasteiger partial charge on any atom is 0.418 e. The normalized spacial score (nSPS) is 13.0. The van der Waals surface area contributed by atoms with Gasteiger partial charge in [-0.15, -0.1) is 0 Å². The van der Waals surface area contributed by atoms with Gasteiger partial charge in [0, 0.05) is 16.6 Å². The number of alkyl halides is 3. The smallest absolute Gasteiger partial charge is 0.292 e. The van der Waals surface area contributed by atoms with Crippen molar-refractivity contribution in [2.75, 3.05) is 4.90 Å². The van der Waals surface area contributed by atoms with E-state index in [4.69, 9.17) is 0 Å². The summed E-state index contributed by atoms with van der Waals surface area (Å²) in [6.07, 6.45) is -0.728. The van der Waals surface area contributed by atoms with Crippen molar-refractivity contribution in [1.82, 2.24) is 15.0 Å². The molecule has 0 spiro atoms. The molecule has 0 radical (unpaired) electrons. The van der Waals surface area contributed by atoms with Crippen molar-refractivity contribution < 1.29 is 13.2 Å². The molecule has 4 heterocycles. The number of hydrogen-bond acceptors (Lipinski definition) is 4. The minimum absolute atomic E-state index is 0.0506. The van der Waals surface area contributed by atoms with Gasteiger partial charge in [-0.05, 0) is 48.2 Å². The van der Waals surface area contributed by atoms with Crippen LogP contribution in [0.25, 0.3) is 22.0 Å². The van der Waals surface area contributed by atoms with E-state index in [1.165, 1.54) is 12.4 Å². The first kappa shape index (κ1) is 19.5. The second kappa shape index (κ2) is 7.04. The minimum atomic E-state index is -4.53. The molecule has 2 aromatic heterocycles. The summed E-state index contributed by atoms with van der Waals surface area (Å²) < 4.78 is 42.3. The van der Waals surface area contributed by atoms with E-state index in [1.807, 2.05) is 24.3 Å².